The molecule has 2 heterocycles. The maximum Gasteiger partial charge on any atom is 0.310 e. The molecule has 2 rings (SSSR count). The lowest BCUT2D eigenvalue weighted by molar-refractivity contribution is -0.148. The molecule has 0 aromatic carbocycles. The van der Waals surface area contributed by atoms with Gasteiger partial charge in [-0.15, -0.1) is 0 Å². The van der Waals surface area contributed by atoms with E-state index in [1.54, 1.807) is 0 Å². The Labute approximate surface area is 115 Å². The van der Waals surface area contributed by atoms with Crippen molar-refractivity contribution in [1.82, 2.24) is 4.90 Å². The standard InChI is InChI=1S/C14H25NO2S/c1-17-14(16)13(12-5-9-18-10-6-12)11-15-7-3-2-4-8-15/h12-13H,2-11H2,1H3. The number of piperidine rings is 1. The van der Waals surface area contributed by atoms with Crippen LogP contribution in [0.25, 0.3) is 0 Å². The Balaban J connectivity index is 1.92. The zero-order valence-corrected chi connectivity index (χ0v) is 12.2. The lowest BCUT2D eigenvalue weighted by atomic mass is 9.86. The van der Waals surface area contributed by atoms with E-state index in [1.165, 1.54) is 50.7 Å². The number of nitrogens with zero attached hydrogens (tertiary/aromatic N) is 1. The van der Waals surface area contributed by atoms with Gasteiger partial charge < -0.3 is 9.64 Å². The number of likely N-dealkylation sites (tertiary alicyclic amines) is 1. The van der Waals surface area contributed by atoms with Gasteiger partial charge in [-0.25, -0.2) is 0 Å². The van der Waals surface area contributed by atoms with Crippen molar-refractivity contribution in [3.8, 4) is 0 Å². The number of carbonyl (C=O) groups is 1. The summed E-state index contributed by atoms with van der Waals surface area (Å²) in [4.78, 5) is 14.5. The van der Waals surface area contributed by atoms with Gasteiger partial charge in [0.05, 0.1) is 13.0 Å². The highest BCUT2D eigenvalue weighted by atomic mass is 32.2. The second kappa shape index (κ2) is 7.39. The lowest BCUT2D eigenvalue weighted by Crippen LogP contribution is -2.41. The summed E-state index contributed by atoms with van der Waals surface area (Å²) in [5.74, 6) is 3.07. The van der Waals surface area contributed by atoms with Crippen LogP contribution in [-0.2, 0) is 9.53 Å². The third-order valence-corrected chi connectivity index (χ3v) is 5.29. The smallest absolute Gasteiger partial charge is 0.310 e. The highest BCUT2D eigenvalue weighted by Gasteiger charge is 2.32. The highest BCUT2D eigenvalue weighted by molar-refractivity contribution is 7.99. The number of thioether (sulfide) groups is 1. The molecule has 1 atom stereocenters. The molecule has 0 aliphatic carbocycles. The van der Waals surface area contributed by atoms with Gasteiger partial charge in [0.2, 0.25) is 0 Å². The number of hydrogen-bond acceptors (Lipinski definition) is 4. The number of hydrogen-bond donors (Lipinski definition) is 0. The van der Waals surface area contributed by atoms with Gasteiger partial charge in [0.25, 0.3) is 0 Å². The summed E-state index contributed by atoms with van der Waals surface area (Å²) < 4.78 is 5.03. The van der Waals surface area contributed by atoms with Crippen molar-refractivity contribution in [2.75, 3.05) is 38.2 Å². The average molecular weight is 271 g/mol. The Morgan fingerprint density at radius 2 is 1.94 bits per heavy atom. The fraction of sp³-hybridized carbons (Fsp3) is 0.929. The molecule has 0 spiro atoms. The van der Waals surface area contributed by atoms with E-state index < -0.39 is 0 Å². The molecule has 0 saturated carbocycles. The predicted molar refractivity (Wildman–Crippen MR) is 75.8 cm³/mol. The van der Waals surface area contributed by atoms with E-state index in [2.05, 4.69) is 4.90 Å². The number of esters is 1. The van der Waals surface area contributed by atoms with Crippen LogP contribution >= 0.6 is 11.8 Å². The molecular formula is C14H25NO2S. The first-order chi connectivity index (χ1) is 8.81. The van der Waals surface area contributed by atoms with Crippen molar-refractivity contribution >= 4 is 17.7 Å². The van der Waals surface area contributed by atoms with E-state index >= 15 is 0 Å². The lowest BCUT2D eigenvalue weighted by Gasteiger charge is -2.34. The van der Waals surface area contributed by atoms with Crippen molar-refractivity contribution in [1.29, 1.82) is 0 Å². The molecule has 2 aliphatic rings. The van der Waals surface area contributed by atoms with Gasteiger partial charge in [-0.1, -0.05) is 6.42 Å². The summed E-state index contributed by atoms with van der Waals surface area (Å²) in [6.45, 7) is 3.24. The van der Waals surface area contributed by atoms with E-state index in [0.29, 0.717) is 5.92 Å². The van der Waals surface area contributed by atoms with Crippen LogP contribution in [0.15, 0.2) is 0 Å². The molecule has 0 bridgehead atoms. The number of rotatable bonds is 4. The second-order valence-electron chi connectivity index (χ2n) is 5.44. The molecule has 0 N–H and O–H groups in total. The van der Waals surface area contributed by atoms with Gasteiger partial charge >= 0.3 is 5.97 Å². The van der Waals surface area contributed by atoms with Crippen LogP contribution in [0.3, 0.4) is 0 Å². The molecule has 3 nitrogen and oxygen atoms in total. The number of carbonyl (C=O) groups excluding carboxylic acids is 1. The van der Waals surface area contributed by atoms with Crippen LogP contribution in [0.2, 0.25) is 0 Å². The minimum absolute atomic E-state index is 0.0115. The third-order valence-electron chi connectivity index (χ3n) is 4.24. The Morgan fingerprint density at radius 3 is 2.56 bits per heavy atom. The molecule has 2 aliphatic heterocycles. The summed E-state index contributed by atoms with van der Waals surface area (Å²) in [6, 6.07) is 0. The maximum absolute atomic E-state index is 12.0. The molecule has 18 heavy (non-hydrogen) atoms. The van der Waals surface area contributed by atoms with Crippen LogP contribution in [-0.4, -0.2) is 49.1 Å². The largest absolute Gasteiger partial charge is 0.469 e. The summed E-state index contributed by atoms with van der Waals surface area (Å²) in [5.41, 5.74) is 0. The quantitative estimate of drug-likeness (QED) is 0.734. The predicted octanol–water partition coefficient (Wildman–Crippen LogP) is 2.40. The summed E-state index contributed by atoms with van der Waals surface area (Å²) in [7, 11) is 1.53. The van der Waals surface area contributed by atoms with Crippen LogP contribution in [0.4, 0.5) is 0 Å². The van der Waals surface area contributed by atoms with Gasteiger partial charge in [-0.05, 0) is 56.2 Å². The van der Waals surface area contributed by atoms with Crippen LogP contribution in [0, 0.1) is 11.8 Å². The fourth-order valence-corrected chi connectivity index (χ4v) is 4.25. The molecular weight excluding hydrogens is 246 g/mol. The molecule has 0 amide bonds. The average Bonchev–Trinajstić information content (AvgIpc) is 2.46. The number of ether oxygens (including phenoxy) is 1. The molecule has 0 aromatic heterocycles. The van der Waals surface area contributed by atoms with Gasteiger partial charge in [0, 0.05) is 6.54 Å². The molecule has 2 saturated heterocycles. The maximum atomic E-state index is 12.0. The summed E-state index contributed by atoms with van der Waals surface area (Å²) in [6.07, 6.45) is 6.28. The van der Waals surface area contributed by atoms with Crippen molar-refractivity contribution in [3.05, 3.63) is 0 Å². The molecule has 0 radical (unpaired) electrons. The first kappa shape index (κ1) is 14.2. The summed E-state index contributed by atoms with van der Waals surface area (Å²) >= 11 is 2.02. The minimum Gasteiger partial charge on any atom is -0.469 e. The van der Waals surface area contributed by atoms with Gasteiger partial charge in [-0.2, -0.15) is 11.8 Å². The van der Waals surface area contributed by atoms with Crippen molar-refractivity contribution < 1.29 is 9.53 Å². The van der Waals surface area contributed by atoms with Crippen LogP contribution < -0.4 is 0 Å². The zero-order chi connectivity index (χ0) is 12.8. The van der Waals surface area contributed by atoms with Gasteiger partial charge in [0.1, 0.15) is 0 Å². The topological polar surface area (TPSA) is 29.5 Å². The van der Waals surface area contributed by atoms with Crippen molar-refractivity contribution in [2.45, 2.75) is 32.1 Å². The molecule has 2 fully saturated rings. The van der Waals surface area contributed by atoms with Crippen molar-refractivity contribution in [2.24, 2.45) is 11.8 Å². The first-order valence-electron chi connectivity index (χ1n) is 7.19. The third kappa shape index (κ3) is 3.89. The normalized spacial score (nSPS) is 24.7. The van der Waals surface area contributed by atoms with Gasteiger partial charge in [0.15, 0.2) is 0 Å². The number of methoxy groups -OCH3 is 1. The first-order valence-corrected chi connectivity index (χ1v) is 8.34. The molecule has 1 unspecified atom stereocenters. The Kier molecular flexibility index (Phi) is 5.83. The molecule has 104 valence electrons. The zero-order valence-electron chi connectivity index (χ0n) is 11.4. The van der Waals surface area contributed by atoms with E-state index in [9.17, 15) is 4.79 Å². The van der Waals surface area contributed by atoms with Crippen molar-refractivity contribution in [3.63, 3.8) is 0 Å². The second-order valence-corrected chi connectivity index (χ2v) is 6.67. The van der Waals surface area contributed by atoms with E-state index in [-0.39, 0.29) is 11.9 Å². The van der Waals surface area contributed by atoms with Gasteiger partial charge in [-0.3, -0.25) is 4.79 Å². The Morgan fingerprint density at radius 1 is 1.28 bits per heavy atom. The molecule has 4 heteroatoms. The van der Waals surface area contributed by atoms with E-state index in [1.807, 2.05) is 11.8 Å². The molecule has 0 aromatic rings. The monoisotopic (exact) mass is 271 g/mol. The Hall–Kier alpha value is -0.220. The van der Waals surface area contributed by atoms with E-state index in [0.717, 1.165) is 19.6 Å². The SMILES string of the molecule is COC(=O)C(CN1CCCCC1)C1CCSCC1. The van der Waals surface area contributed by atoms with Crippen LogP contribution in [0.5, 0.6) is 0 Å². The van der Waals surface area contributed by atoms with Crippen LogP contribution in [0.1, 0.15) is 32.1 Å². The fourth-order valence-electron chi connectivity index (χ4n) is 3.11. The minimum atomic E-state index is 0.0115. The van der Waals surface area contributed by atoms with E-state index in [4.69, 9.17) is 4.74 Å². The summed E-state index contributed by atoms with van der Waals surface area (Å²) in [5, 5.41) is 0. The highest BCUT2D eigenvalue weighted by Crippen LogP contribution is 2.30. The Bertz CT molecular complexity index is 261.